The Morgan fingerprint density at radius 2 is 1.94 bits per heavy atom. The molecular weight excluding hydrogens is 453 g/mol. The van der Waals surface area contributed by atoms with Crippen molar-refractivity contribution in [3.05, 3.63) is 41.2 Å². The van der Waals surface area contributed by atoms with E-state index in [1.165, 1.54) is 0 Å². The zero-order chi connectivity index (χ0) is 25.6. The fourth-order valence-corrected chi connectivity index (χ4v) is 4.27. The SMILES string of the molecule is CCOc1c(C)c(OC)cc(-c2ccc(NC3(C(=O)O)CCOCC3)cc2COCC(C)C)c1F. The van der Waals surface area contributed by atoms with Gasteiger partial charge in [-0.3, -0.25) is 0 Å². The van der Waals surface area contributed by atoms with Gasteiger partial charge in [0.15, 0.2) is 11.6 Å². The molecule has 8 heteroatoms. The largest absolute Gasteiger partial charge is 0.496 e. The van der Waals surface area contributed by atoms with Crippen LogP contribution in [-0.4, -0.2) is 50.2 Å². The van der Waals surface area contributed by atoms with Crippen molar-refractivity contribution in [1.29, 1.82) is 0 Å². The number of carboxylic acid groups (broad SMARTS) is 1. The Labute approximate surface area is 206 Å². The smallest absolute Gasteiger partial charge is 0.329 e. The van der Waals surface area contributed by atoms with E-state index in [0.29, 0.717) is 73.3 Å². The van der Waals surface area contributed by atoms with Crippen LogP contribution >= 0.6 is 0 Å². The van der Waals surface area contributed by atoms with E-state index < -0.39 is 17.3 Å². The number of aliphatic carboxylic acids is 1. The van der Waals surface area contributed by atoms with Crippen molar-refractivity contribution < 1.29 is 33.2 Å². The van der Waals surface area contributed by atoms with Gasteiger partial charge >= 0.3 is 5.97 Å². The van der Waals surface area contributed by atoms with Gasteiger partial charge in [0.2, 0.25) is 0 Å². The Bertz CT molecular complexity index is 1030. The minimum Gasteiger partial charge on any atom is -0.496 e. The molecular formula is C27H36FNO6. The number of benzene rings is 2. The molecule has 1 aliphatic heterocycles. The highest BCUT2D eigenvalue weighted by Crippen LogP contribution is 2.40. The van der Waals surface area contributed by atoms with Gasteiger partial charge in [-0.25, -0.2) is 9.18 Å². The molecule has 0 aliphatic carbocycles. The zero-order valence-corrected chi connectivity index (χ0v) is 21.2. The Hall–Kier alpha value is -2.84. The number of carboxylic acids is 1. The lowest BCUT2D eigenvalue weighted by molar-refractivity contribution is -0.145. The maximum atomic E-state index is 15.7. The fourth-order valence-electron chi connectivity index (χ4n) is 4.27. The first kappa shape index (κ1) is 26.8. The summed E-state index contributed by atoms with van der Waals surface area (Å²) in [5.41, 5.74) is 1.81. The van der Waals surface area contributed by atoms with Crippen LogP contribution in [-0.2, 0) is 20.9 Å². The predicted molar refractivity (Wildman–Crippen MR) is 133 cm³/mol. The molecule has 0 spiro atoms. The molecule has 35 heavy (non-hydrogen) atoms. The van der Waals surface area contributed by atoms with Crippen molar-refractivity contribution in [1.82, 2.24) is 0 Å². The average molecular weight is 490 g/mol. The standard InChI is InChI=1S/C27H36FNO6/c1-6-35-25-18(4)23(32-5)14-22(24(25)28)21-8-7-20(13-19(21)16-34-15-17(2)3)29-27(26(30)31)9-11-33-12-10-27/h7-8,13-14,17,29H,6,9-12,15-16H2,1-5H3,(H,30,31). The lowest BCUT2D eigenvalue weighted by Gasteiger charge is -2.35. The summed E-state index contributed by atoms with van der Waals surface area (Å²) < 4.78 is 38.1. The molecule has 1 fully saturated rings. The molecule has 0 aromatic heterocycles. The summed E-state index contributed by atoms with van der Waals surface area (Å²) in [5, 5.41) is 13.1. The van der Waals surface area contributed by atoms with Crippen LogP contribution in [0.2, 0.25) is 0 Å². The third-order valence-electron chi connectivity index (χ3n) is 6.17. The van der Waals surface area contributed by atoms with Gasteiger partial charge in [-0.2, -0.15) is 0 Å². The Morgan fingerprint density at radius 3 is 2.54 bits per heavy atom. The molecule has 3 rings (SSSR count). The van der Waals surface area contributed by atoms with Crippen LogP contribution < -0.4 is 14.8 Å². The topological polar surface area (TPSA) is 86.3 Å². The van der Waals surface area contributed by atoms with Crippen molar-refractivity contribution in [2.45, 2.75) is 52.7 Å². The van der Waals surface area contributed by atoms with E-state index in [9.17, 15) is 9.90 Å². The predicted octanol–water partition coefficient (Wildman–Crippen LogP) is 5.43. The second-order valence-corrected chi connectivity index (χ2v) is 9.23. The van der Waals surface area contributed by atoms with Crippen LogP contribution in [0.1, 0.15) is 44.7 Å². The molecule has 7 nitrogen and oxygen atoms in total. The minimum atomic E-state index is -1.11. The van der Waals surface area contributed by atoms with Crippen LogP contribution in [0, 0.1) is 18.7 Å². The van der Waals surface area contributed by atoms with Crippen molar-refractivity contribution in [3.63, 3.8) is 0 Å². The summed E-state index contributed by atoms with van der Waals surface area (Å²) in [4.78, 5) is 12.1. The molecule has 0 radical (unpaired) electrons. The third kappa shape index (κ3) is 6.05. The second-order valence-electron chi connectivity index (χ2n) is 9.23. The van der Waals surface area contributed by atoms with Crippen LogP contribution in [0.25, 0.3) is 11.1 Å². The number of hydrogen-bond donors (Lipinski definition) is 2. The molecule has 0 unspecified atom stereocenters. The van der Waals surface area contributed by atoms with E-state index in [0.717, 1.165) is 5.56 Å². The number of rotatable bonds is 11. The van der Waals surface area contributed by atoms with E-state index >= 15 is 4.39 Å². The molecule has 2 aromatic rings. The highest BCUT2D eigenvalue weighted by Gasteiger charge is 2.40. The number of anilines is 1. The van der Waals surface area contributed by atoms with E-state index in [-0.39, 0.29) is 12.4 Å². The Kier molecular flexibility index (Phi) is 8.97. The molecule has 1 aliphatic rings. The molecule has 0 saturated carbocycles. The Morgan fingerprint density at radius 1 is 1.23 bits per heavy atom. The van der Waals surface area contributed by atoms with Crippen molar-refractivity contribution in [2.24, 2.45) is 5.92 Å². The monoisotopic (exact) mass is 489 g/mol. The van der Waals surface area contributed by atoms with Gasteiger partial charge in [-0.15, -0.1) is 0 Å². The number of ether oxygens (including phenoxy) is 4. The highest BCUT2D eigenvalue weighted by molar-refractivity contribution is 5.83. The number of carbonyl (C=O) groups is 1. The van der Waals surface area contributed by atoms with Gasteiger partial charge in [-0.05, 0) is 49.1 Å². The van der Waals surface area contributed by atoms with Crippen molar-refractivity contribution >= 4 is 11.7 Å². The van der Waals surface area contributed by atoms with E-state index in [1.54, 1.807) is 39.2 Å². The van der Waals surface area contributed by atoms with Crippen LogP contribution in [0.5, 0.6) is 11.5 Å². The van der Waals surface area contributed by atoms with Gasteiger partial charge in [0.05, 0.1) is 20.3 Å². The summed E-state index contributed by atoms with van der Waals surface area (Å²) in [5.74, 6) is -0.378. The molecule has 1 saturated heterocycles. The summed E-state index contributed by atoms with van der Waals surface area (Å²) in [6.45, 7) is 9.52. The van der Waals surface area contributed by atoms with Gasteiger partial charge in [-0.1, -0.05) is 19.9 Å². The van der Waals surface area contributed by atoms with E-state index in [4.69, 9.17) is 18.9 Å². The number of halogens is 1. The summed E-state index contributed by atoms with van der Waals surface area (Å²) in [6, 6.07) is 7.06. The summed E-state index contributed by atoms with van der Waals surface area (Å²) in [6.07, 6.45) is 0.704. The molecule has 0 atom stereocenters. The fraction of sp³-hybridized carbons (Fsp3) is 0.519. The maximum absolute atomic E-state index is 15.7. The van der Waals surface area contributed by atoms with Gasteiger partial charge in [0.25, 0.3) is 0 Å². The molecule has 0 amide bonds. The van der Waals surface area contributed by atoms with E-state index in [1.807, 2.05) is 6.07 Å². The number of nitrogens with one attached hydrogen (secondary N) is 1. The van der Waals surface area contributed by atoms with Crippen LogP contribution in [0.15, 0.2) is 24.3 Å². The van der Waals surface area contributed by atoms with Gasteiger partial charge in [0.1, 0.15) is 11.3 Å². The quantitative estimate of drug-likeness (QED) is 0.435. The van der Waals surface area contributed by atoms with Crippen molar-refractivity contribution in [2.75, 3.05) is 38.9 Å². The van der Waals surface area contributed by atoms with E-state index in [2.05, 4.69) is 19.2 Å². The molecule has 192 valence electrons. The van der Waals surface area contributed by atoms with Gasteiger partial charge in [0, 0.05) is 49.5 Å². The third-order valence-corrected chi connectivity index (χ3v) is 6.17. The lowest BCUT2D eigenvalue weighted by Crippen LogP contribution is -2.50. The molecule has 0 bridgehead atoms. The average Bonchev–Trinajstić information content (AvgIpc) is 2.83. The first-order valence-electron chi connectivity index (χ1n) is 12.0. The highest BCUT2D eigenvalue weighted by atomic mass is 19.1. The number of methoxy groups -OCH3 is 1. The first-order chi connectivity index (χ1) is 16.7. The second kappa shape index (κ2) is 11.7. The summed E-state index contributed by atoms with van der Waals surface area (Å²) in [7, 11) is 1.54. The normalized spacial score (nSPS) is 15.2. The van der Waals surface area contributed by atoms with Gasteiger partial charge < -0.3 is 29.4 Å². The molecule has 1 heterocycles. The van der Waals surface area contributed by atoms with Crippen LogP contribution in [0.4, 0.5) is 10.1 Å². The minimum absolute atomic E-state index is 0.158. The maximum Gasteiger partial charge on any atom is 0.329 e. The Balaban J connectivity index is 2.07. The molecule has 2 aromatic carbocycles. The first-order valence-corrected chi connectivity index (χ1v) is 12.0. The lowest BCUT2D eigenvalue weighted by atomic mass is 9.89. The molecule has 2 N–H and O–H groups in total. The summed E-state index contributed by atoms with van der Waals surface area (Å²) >= 11 is 0. The number of hydrogen-bond acceptors (Lipinski definition) is 6. The zero-order valence-electron chi connectivity index (χ0n) is 21.2. The van der Waals surface area contributed by atoms with Crippen LogP contribution in [0.3, 0.4) is 0 Å². The van der Waals surface area contributed by atoms with Crippen molar-refractivity contribution in [3.8, 4) is 22.6 Å².